The predicted octanol–water partition coefficient (Wildman–Crippen LogP) is 0.256. The summed E-state index contributed by atoms with van der Waals surface area (Å²) in [7, 11) is 1.87. The van der Waals surface area contributed by atoms with Gasteiger partial charge in [0, 0.05) is 38.4 Å². The van der Waals surface area contributed by atoms with Gasteiger partial charge in [0.1, 0.15) is 6.04 Å². The quantitative estimate of drug-likeness (QED) is 0.784. The molecule has 6 nitrogen and oxygen atoms in total. The number of nitrogens with zero attached hydrogens (tertiary/aromatic N) is 3. The lowest BCUT2D eigenvalue weighted by atomic mass is 10.2. The fourth-order valence-electron chi connectivity index (χ4n) is 2.50. The summed E-state index contributed by atoms with van der Waals surface area (Å²) in [6, 6.07) is 1.57. The SMILES string of the molecule is C=CC(=O)N1CCCC1C(=O)NCCc1ccnn1C. The molecule has 0 radical (unpaired) electrons. The first-order valence-corrected chi connectivity index (χ1v) is 6.81. The summed E-state index contributed by atoms with van der Waals surface area (Å²) in [6.07, 6.45) is 5.31. The molecule has 1 atom stereocenters. The van der Waals surface area contributed by atoms with E-state index in [0.29, 0.717) is 13.1 Å². The minimum atomic E-state index is -0.355. The Labute approximate surface area is 118 Å². The summed E-state index contributed by atoms with van der Waals surface area (Å²) in [5, 5.41) is 6.97. The predicted molar refractivity (Wildman–Crippen MR) is 74.9 cm³/mol. The molecule has 0 bridgehead atoms. The van der Waals surface area contributed by atoms with Gasteiger partial charge in [-0.3, -0.25) is 14.3 Å². The molecular formula is C14H20N4O2. The van der Waals surface area contributed by atoms with Crippen LogP contribution in [0.3, 0.4) is 0 Å². The average Bonchev–Trinajstić information content (AvgIpc) is 3.07. The monoisotopic (exact) mass is 276 g/mol. The smallest absolute Gasteiger partial charge is 0.246 e. The number of hydrogen-bond donors (Lipinski definition) is 1. The van der Waals surface area contributed by atoms with E-state index in [1.807, 2.05) is 13.1 Å². The molecule has 0 aliphatic carbocycles. The maximum absolute atomic E-state index is 12.1. The standard InChI is InChI=1S/C14H20N4O2/c1-3-13(19)18-10-4-5-12(18)14(20)15-8-6-11-7-9-16-17(11)2/h3,7,9,12H,1,4-6,8,10H2,2H3,(H,15,20). The first-order valence-electron chi connectivity index (χ1n) is 6.81. The zero-order chi connectivity index (χ0) is 14.5. The molecule has 1 fully saturated rings. The molecule has 1 saturated heterocycles. The van der Waals surface area contributed by atoms with Crippen molar-refractivity contribution >= 4 is 11.8 Å². The second kappa shape index (κ2) is 6.36. The van der Waals surface area contributed by atoms with Crippen LogP contribution in [0.2, 0.25) is 0 Å². The first kappa shape index (κ1) is 14.3. The molecule has 2 amide bonds. The Kier molecular flexibility index (Phi) is 4.55. The highest BCUT2D eigenvalue weighted by atomic mass is 16.2. The maximum atomic E-state index is 12.1. The third-order valence-corrected chi connectivity index (χ3v) is 3.62. The summed E-state index contributed by atoms with van der Waals surface area (Å²) >= 11 is 0. The van der Waals surface area contributed by atoms with E-state index in [0.717, 1.165) is 25.0 Å². The van der Waals surface area contributed by atoms with E-state index in [1.54, 1.807) is 15.8 Å². The van der Waals surface area contributed by atoms with Gasteiger partial charge in [0.2, 0.25) is 11.8 Å². The van der Waals surface area contributed by atoms with Crippen molar-refractivity contribution in [3.63, 3.8) is 0 Å². The lowest BCUT2D eigenvalue weighted by Gasteiger charge is -2.22. The third-order valence-electron chi connectivity index (χ3n) is 3.62. The number of aromatic nitrogens is 2. The van der Waals surface area contributed by atoms with Crippen molar-refractivity contribution in [1.82, 2.24) is 20.0 Å². The topological polar surface area (TPSA) is 67.2 Å². The van der Waals surface area contributed by atoms with Gasteiger partial charge in [-0.15, -0.1) is 0 Å². The van der Waals surface area contributed by atoms with E-state index in [4.69, 9.17) is 0 Å². The Balaban J connectivity index is 1.84. The molecule has 108 valence electrons. The summed E-state index contributed by atoms with van der Waals surface area (Å²) in [4.78, 5) is 25.4. The average molecular weight is 276 g/mol. The van der Waals surface area contributed by atoms with Gasteiger partial charge in [-0.2, -0.15) is 5.10 Å². The molecule has 1 aromatic rings. The van der Waals surface area contributed by atoms with E-state index < -0.39 is 0 Å². The minimum Gasteiger partial charge on any atom is -0.354 e. The van der Waals surface area contributed by atoms with Crippen molar-refractivity contribution < 1.29 is 9.59 Å². The summed E-state index contributed by atoms with van der Waals surface area (Å²) in [5.74, 6) is -0.255. The summed E-state index contributed by atoms with van der Waals surface area (Å²) < 4.78 is 1.79. The van der Waals surface area contributed by atoms with E-state index in [-0.39, 0.29) is 17.9 Å². The van der Waals surface area contributed by atoms with Crippen molar-refractivity contribution in [3.8, 4) is 0 Å². The van der Waals surface area contributed by atoms with Gasteiger partial charge in [-0.25, -0.2) is 0 Å². The van der Waals surface area contributed by atoms with Crippen molar-refractivity contribution in [3.05, 3.63) is 30.6 Å². The minimum absolute atomic E-state index is 0.0835. The van der Waals surface area contributed by atoms with Crippen LogP contribution in [-0.2, 0) is 23.1 Å². The molecule has 1 N–H and O–H groups in total. The molecule has 1 aliphatic rings. The van der Waals surface area contributed by atoms with Crippen LogP contribution in [0, 0.1) is 0 Å². The van der Waals surface area contributed by atoms with Crippen LogP contribution in [0.4, 0.5) is 0 Å². The molecule has 0 saturated carbocycles. The molecular weight excluding hydrogens is 256 g/mol. The van der Waals surface area contributed by atoms with Crippen LogP contribution < -0.4 is 5.32 Å². The molecule has 20 heavy (non-hydrogen) atoms. The molecule has 0 aromatic carbocycles. The van der Waals surface area contributed by atoms with Gasteiger partial charge in [-0.1, -0.05) is 6.58 Å². The number of rotatable bonds is 5. The van der Waals surface area contributed by atoms with Crippen molar-refractivity contribution in [2.24, 2.45) is 7.05 Å². The third kappa shape index (κ3) is 3.07. The number of nitrogens with one attached hydrogen (secondary N) is 1. The first-order chi connectivity index (χ1) is 9.63. The van der Waals surface area contributed by atoms with Crippen LogP contribution >= 0.6 is 0 Å². The van der Waals surface area contributed by atoms with Gasteiger partial charge < -0.3 is 10.2 Å². The van der Waals surface area contributed by atoms with Gasteiger partial charge in [0.05, 0.1) is 0 Å². The van der Waals surface area contributed by atoms with Gasteiger partial charge in [0.15, 0.2) is 0 Å². The van der Waals surface area contributed by atoms with Crippen molar-refractivity contribution in [1.29, 1.82) is 0 Å². The van der Waals surface area contributed by atoms with Gasteiger partial charge in [0.25, 0.3) is 0 Å². The Morgan fingerprint density at radius 1 is 1.60 bits per heavy atom. The summed E-state index contributed by atoms with van der Waals surface area (Å²) in [5.41, 5.74) is 1.07. The lowest BCUT2D eigenvalue weighted by molar-refractivity contribution is -0.135. The lowest BCUT2D eigenvalue weighted by Crippen LogP contribution is -2.45. The molecule has 2 heterocycles. The van der Waals surface area contributed by atoms with Gasteiger partial charge >= 0.3 is 0 Å². The molecule has 0 spiro atoms. The summed E-state index contributed by atoms with van der Waals surface area (Å²) in [6.45, 7) is 4.65. The molecule has 6 heteroatoms. The fourth-order valence-corrected chi connectivity index (χ4v) is 2.50. The van der Waals surface area contributed by atoms with E-state index in [2.05, 4.69) is 17.0 Å². The van der Waals surface area contributed by atoms with Crippen LogP contribution in [0.1, 0.15) is 18.5 Å². The van der Waals surface area contributed by atoms with Crippen LogP contribution in [0.25, 0.3) is 0 Å². The van der Waals surface area contributed by atoms with E-state index >= 15 is 0 Å². The Morgan fingerprint density at radius 3 is 3.05 bits per heavy atom. The van der Waals surface area contributed by atoms with E-state index in [1.165, 1.54) is 6.08 Å². The number of carbonyl (C=O) groups excluding carboxylic acids is 2. The number of likely N-dealkylation sites (tertiary alicyclic amines) is 1. The molecule has 1 aliphatic heterocycles. The zero-order valence-corrected chi connectivity index (χ0v) is 11.7. The number of amides is 2. The molecule has 2 rings (SSSR count). The number of hydrogen-bond acceptors (Lipinski definition) is 3. The van der Waals surface area contributed by atoms with E-state index in [9.17, 15) is 9.59 Å². The van der Waals surface area contributed by atoms with Crippen LogP contribution in [-0.4, -0.2) is 45.6 Å². The van der Waals surface area contributed by atoms with Crippen LogP contribution in [0.15, 0.2) is 24.9 Å². The number of carbonyl (C=O) groups is 2. The van der Waals surface area contributed by atoms with Crippen molar-refractivity contribution in [2.75, 3.05) is 13.1 Å². The Morgan fingerprint density at radius 2 is 2.40 bits per heavy atom. The fraction of sp³-hybridized carbons (Fsp3) is 0.500. The highest BCUT2D eigenvalue weighted by Crippen LogP contribution is 2.17. The Hall–Kier alpha value is -2.11. The largest absolute Gasteiger partial charge is 0.354 e. The Bertz CT molecular complexity index is 509. The normalized spacial score (nSPS) is 18.1. The highest BCUT2D eigenvalue weighted by Gasteiger charge is 2.32. The van der Waals surface area contributed by atoms with Crippen LogP contribution in [0.5, 0.6) is 0 Å². The maximum Gasteiger partial charge on any atom is 0.246 e. The molecule has 1 aromatic heterocycles. The van der Waals surface area contributed by atoms with Crippen molar-refractivity contribution in [2.45, 2.75) is 25.3 Å². The second-order valence-electron chi connectivity index (χ2n) is 4.88. The molecule has 1 unspecified atom stereocenters. The second-order valence-corrected chi connectivity index (χ2v) is 4.88. The zero-order valence-electron chi connectivity index (χ0n) is 11.7. The number of aryl methyl sites for hydroxylation is 1. The highest BCUT2D eigenvalue weighted by molar-refractivity contribution is 5.93. The van der Waals surface area contributed by atoms with Gasteiger partial charge in [-0.05, 0) is 25.0 Å².